The molecule has 0 amide bonds. The van der Waals surface area contributed by atoms with Crippen molar-refractivity contribution in [3.05, 3.63) is 68.4 Å². The minimum atomic E-state index is -3.74. The molecular formula is C21H17Cl3N2O5S. The number of carbonyl (C=O) groups is 1. The zero-order valence-electron chi connectivity index (χ0n) is 16.9. The van der Waals surface area contributed by atoms with Crippen LogP contribution < -0.4 is 0 Å². The monoisotopic (exact) mass is 514 g/mol. The summed E-state index contributed by atoms with van der Waals surface area (Å²) in [7, 11) is -3.74. The van der Waals surface area contributed by atoms with E-state index in [1.807, 2.05) is 0 Å². The largest absolute Gasteiger partial charge is 0.477 e. The Kier molecular flexibility index (Phi) is 5.80. The van der Waals surface area contributed by atoms with Crippen molar-refractivity contribution >= 4 is 50.8 Å². The Labute approximate surface area is 199 Å². The van der Waals surface area contributed by atoms with Crippen LogP contribution in [0.5, 0.6) is 0 Å². The van der Waals surface area contributed by atoms with Crippen molar-refractivity contribution in [2.45, 2.75) is 24.2 Å². The van der Waals surface area contributed by atoms with Crippen LogP contribution >= 0.6 is 34.8 Å². The standard InChI is InChI=1S/C21H17Cl3N2O5S/c1-11-5-3-4-6-15(11)32(29,30)26-9-21(2,10-26)19-17(20(27)28)18(25-31-19)16-13(23)7-12(22)8-14(16)24/h3-8H,9-10H2,1-2H3,(H,27,28). The predicted octanol–water partition coefficient (Wildman–Crippen LogP) is 5.27. The molecule has 1 N–H and O–H groups in total. The summed E-state index contributed by atoms with van der Waals surface area (Å²) in [5, 5.41) is 14.4. The summed E-state index contributed by atoms with van der Waals surface area (Å²) >= 11 is 18.5. The first-order valence-electron chi connectivity index (χ1n) is 9.40. The molecule has 0 radical (unpaired) electrons. The van der Waals surface area contributed by atoms with E-state index in [0.29, 0.717) is 5.56 Å². The summed E-state index contributed by atoms with van der Waals surface area (Å²) in [5.74, 6) is -1.24. The van der Waals surface area contributed by atoms with Gasteiger partial charge in [0, 0.05) is 23.7 Å². The predicted molar refractivity (Wildman–Crippen MR) is 121 cm³/mol. The fourth-order valence-corrected chi connectivity index (χ4v) is 6.78. The molecule has 11 heteroatoms. The molecule has 0 unspecified atom stereocenters. The molecule has 1 aliphatic heterocycles. The lowest BCUT2D eigenvalue weighted by Gasteiger charge is -2.45. The molecule has 0 spiro atoms. The van der Waals surface area contributed by atoms with Crippen LogP contribution in [-0.4, -0.2) is 42.0 Å². The van der Waals surface area contributed by atoms with Gasteiger partial charge in [-0.3, -0.25) is 0 Å². The molecule has 1 fully saturated rings. The van der Waals surface area contributed by atoms with Crippen molar-refractivity contribution in [3.8, 4) is 11.3 Å². The summed E-state index contributed by atoms with van der Waals surface area (Å²) < 4.78 is 32.8. The molecule has 2 aromatic carbocycles. The topological polar surface area (TPSA) is 101 Å². The number of rotatable bonds is 5. The number of nitrogens with zero attached hydrogens (tertiary/aromatic N) is 2. The van der Waals surface area contributed by atoms with Crippen molar-refractivity contribution in [1.29, 1.82) is 0 Å². The Hall–Kier alpha value is -2.10. The lowest BCUT2D eigenvalue weighted by atomic mass is 9.79. The van der Waals surface area contributed by atoms with E-state index in [2.05, 4.69) is 5.16 Å². The highest BCUT2D eigenvalue weighted by Crippen LogP contribution is 2.44. The Bertz CT molecular complexity index is 1320. The molecule has 32 heavy (non-hydrogen) atoms. The van der Waals surface area contributed by atoms with Gasteiger partial charge in [0.2, 0.25) is 10.0 Å². The first kappa shape index (κ1) is 23.1. The zero-order chi connectivity index (χ0) is 23.4. The maximum atomic E-state index is 13.0. The molecule has 7 nitrogen and oxygen atoms in total. The molecule has 3 aromatic rings. The second-order valence-electron chi connectivity index (χ2n) is 7.88. The van der Waals surface area contributed by atoms with E-state index in [1.54, 1.807) is 38.1 Å². The average Bonchev–Trinajstić information content (AvgIpc) is 3.10. The van der Waals surface area contributed by atoms with Gasteiger partial charge in [0.15, 0.2) is 5.76 Å². The molecule has 0 aliphatic carbocycles. The van der Waals surface area contributed by atoms with E-state index < -0.39 is 21.4 Å². The number of benzene rings is 2. The molecule has 1 aromatic heterocycles. The van der Waals surface area contributed by atoms with Gasteiger partial charge in [0.1, 0.15) is 11.3 Å². The van der Waals surface area contributed by atoms with Crippen LogP contribution in [0.25, 0.3) is 11.3 Å². The van der Waals surface area contributed by atoms with Crippen LogP contribution in [0.15, 0.2) is 45.8 Å². The van der Waals surface area contributed by atoms with Gasteiger partial charge >= 0.3 is 5.97 Å². The smallest absolute Gasteiger partial charge is 0.341 e. The molecule has 2 heterocycles. The van der Waals surface area contributed by atoms with Gasteiger partial charge < -0.3 is 9.63 Å². The van der Waals surface area contributed by atoms with Gasteiger partial charge in [0.05, 0.1) is 20.4 Å². The summed E-state index contributed by atoms with van der Waals surface area (Å²) in [4.78, 5) is 12.4. The molecule has 1 saturated heterocycles. The molecule has 0 atom stereocenters. The van der Waals surface area contributed by atoms with Gasteiger partial charge in [0.25, 0.3) is 0 Å². The SMILES string of the molecule is Cc1ccccc1S(=O)(=O)N1CC(C)(c2onc(-c3c(Cl)cc(Cl)cc3Cl)c2C(=O)O)C1. The number of hydrogen-bond acceptors (Lipinski definition) is 5. The van der Waals surface area contributed by atoms with E-state index in [0.717, 1.165) is 0 Å². The van der Waals surface area contributed by atoms with Gasteiger partial charge in [-0.1, -0.05) is 58.2 Å². The van der Waals surface area contributed by atoms with Crippen LogP contribution in [0, 0.1) is 6.92 Å². The summed E-state index contributed by atoms with van der Waals surface area (Å²) in [6.07, 6.45) is 0. The van der Waals surface area contributed by atoms with Crippen molar-refractivity contribution in [3.63, 3.8) is 0 Å². The van der Waals surface area contributed by atoms with Crippen molar-refractivity contribution in [2.75, 3.05) is 13.1 Å². The van der Waals surface area contributed by atoms with E-state index in [9.17, 15) is 18.3 Å². The van der Waals surface area contributed by atoms with Crippen LogP contribution in [0.1, 0.15) is 28.6 Å². The minimum absolute atomic E-state index is 0.0284. The minimum Gasteiger partial charge on any atom is -0.477 e. The highest BCUT2D eigenvalue weighted by Gasteiger charge is 2.51. The Morgan fingerprint density at radius 3 is 2.31 bits per heavy atom. The molecule has 1 aliphatic rings. The maximum absolute atomic E-state index is 13.0. The first-order valence-corrected chi connectivity index (χ1v) is 12.0. The number of aromatic carboxylic acids is 1. The van der Waals surface area contributed by atoms with E-state index in [4.69, 9.17) is 39.3 Å². The van der Waals surface area contributed by atoms with Crippen molar-refractivity contribution in [2.24, 2.45) is 0 Å². The zero-order valence-corrected chi connectivity index (χ0v) is 20.0. The molecule has 4 rings (SSSR count). The highest BCUT2D eigenvalue weighted by atomic mass is 35.5. The summed E-state index contributed by atoms with van der Waals surface area (Å²) in [6.45, 7) is 3.50. The van der Waals surface area contributed by atoms with Crippen LogP contribution in [0.4, 0.5) is 0 Å². The quantitative estimate of drug-likeness (QED) is 0.497. The lowest BCUT2D eigenvalue weighted by molar-refractivity contribution is 0.0683. The molecule has 168 valence electrons. The second kappa shape index (κ2) is 8.04. The van der Waals surface area contributed by atoms with Crippen molar-refractivity contribution in [1.82, 2.24) is 9.46 Å². The third-order valence-electron chi connectivity index (χ3n) is 5.46. The number of hydrogen-bond donors (Lipinski definition) is 1. The number of aromatic nitrogens is 1. The number of sulfonamides is 1. The maximum Gasteiger partial charge on any atom is 0.341 e. The van der Waals surface area contributed by atoms with Gasteiger partial charge in [-0.05, 0) is 37.6 Å². The molecule has 0 bridgehead atoms. The second-order valence-corrected chi connectivity index (χ2v) is 11.0. The number of carboxylic acid groups (broad SMARTS) is 1. The van der Waals surface area contributed by atoms with E-state index in [-0.39, 0.29) is 55.6 Å². The fourth-order valence-electron chi connectivity index (χ4n) is 3.87. The highest BCUT2D eigenvalue weighted by molar-refractivity contribution is 7.89. The Balaban J connectivity index is 1.72. The Morgan fingerprint density at radius 1 is 1.16 bits per heavy atom. The van der Waals surface area contributed by atoms with E-state index >= 15 is 0 Å². The van der Waals surface area contributed by atoms with Crippen LogP contribution in [-0.2, 0) is 15.4 Å². The van der Waals surface area contributed by atoms with Crippen LogP contribution in [0.2, 0.25) is 15.1 Å². The summed E-state index contributed by atoms with van der Waals surface area (Å²) in [6, 6.07) is 9.52. The number of aryl methyl sites for hydroxylation is 1. The lowest BCUT2D eigenvalue weighted by Crippen LogP contribution is -2.59. The van der Waals surface area contributed by atoms with Gasteiger partial charge in [-0.25, -0.2) is 13.2 Å². The number of carboxylic acids is 1. The van der Waals surface area contributed by atoms with Gasteiger partial charge in [-0.2, -0.15) is 4.31 Å². The van der Waals surface area contributed by atoms with Crippen LogP contribution in [0.3, 0.4) is 0 Å². The Morgan fingerprint density at radius 2 is 1.75 bits per heavy atom. The average molecular weight is 516 g/mol. The fraction of sp³-hybridized carbons (Fsp3) is 0.238. The van der Waals surface area contributed by atoms with E-state index in [1.165, 1.54) is 16.4 Å². The third kappa shape index (κ3) is 3.70. The molecular weight excluding hydrogens is 499 g/mol. The molecule has 0 saturated carbocycles. The third-order valence-corrected chi connectivity index (χ3v) is 8.23. The normalized spacial score (nSPS) is 16.0. The summed E-state index contributed by atoms with van der Waals surface area (Å²) in [5.41, 5.74) is -0.356. The number of halogens is 3. The first-order chi connectivity index (χ1) is 15.0. The van der Waals surface area contributed by atoms with Gasteiger partial charge in [-0.15, -0.1) is 0 Å². The van der Waals surface area contributed by atoms with Crippen molar-refractivity contribution < 1.29 is 22.8 Å².